The summed E-state index contributed by atoms with van der Waals surface area (Å²) in [5.74, 6) is 0. The first-order chi connectivity index (χ1) is 4.66. The van der Waals surface area contributed by atoms with E-state index < -0.39 is 17.7 Å². The molecule has 0 aromatic rings. The van der Waals surface area contributed by atoms with Crippen LogP contribution >= 0.6 is 0 Å². The Morgan fingerprint density at radius 3 is 2.70 bits per heavy atom. The molecule has 3 N–H and O–H groups in total. The van der Waals surface area contributed by atoms with Crippen molar-refractivity contribution in [3.8, 4) is 0 Å². The molecule has 10 heavy (non-hydrogen) atoms. The van der Waals surface area contributed by atoms with E-state index >= 15 is 0 Å². The quantitative estimate of drug-likeness (QED) is 0.469. The molecule has 0 aliphatic carbocycles. The highest BCUT2D eigenvalue weighted by Crippen LogP contribution is 1.65. The smallest absolute Gasteiger partial charge is 0.331 e. The van der Waals surface area contributed by atoms with Crippen LogP contribution in [0.3, 0.4) is 0 Å². The molecular formula is C3H7FN3O3+. The number of alkyl halides is 1. The van der Waals surface area contributed by atoms with Crippen LogP contribution in [-0.2, 0) is 0 Å². The summed E-state index contributed by atoms with van der Waals surface area (Å²) in [4.78, 5) is 19.8. The molecule has 0 rings (SSSR count). The number of hydrazine groups is 1. The Morgan fingerprint density at radius 1 is 1.70 bits per heavy atom. The Morgan fingerprint density at radius 2 is 2.30 bits per heavy atom. The van der Waals surface area contributed by atoms with Crippen molar-refractivity contribution < 1.29 is 19.4 Å². The molecule has 0 aliphatic rings. The Kier molecular flexibility index (Phi) is 3.85. The van der Waals surface area contributed by atoms with Gasteiger partial charge in [0.05, 0.1) is 0 Å². The molecule has 0 heterocycles. The summed E-state index contributed by atoms with van der Waals surface area (Å²) < 4.78 is 11.3. The molecule has 0 aromatic heterocycles. The minimum Gasteiger partial charge on any atom is -0.331 e. The van der Waals surface area contributed by atoms with E-state index in [0.717, 1.165) is 0 Å². The number of hydrogen-bond acceptors (Lipinski definition) is 2. The second-order valence-corrected chi connectivity index (χ2v) is 1.33. The standard InChI is InChI=1S/C3H6FN3O3/c4-1-2-5-3(8)6-7(9)10/h1-2H2,(H2-,5,6,8,9,10)/p+1. The lowest BCUT2D eigenvalue weighted by atomic mass is 10.7. The third kappa shape index (κ3) is 4.75. The first-order valence-electron chi connectivity index (χ1n) is 2.43. The molecule has 2 amide bonds. The van der Waals surface area contributed by atoms with Gasteiger partial charge in [-0.1, -0.05) is 0 Å². The van der Waals surface area contributed by atoms with Crippen LogP contribution in [0.4, 0.5) is 9.18 Å². The molecule has 0 saturated carbocycles. The third-order valence-corrected chi connectivity index (χ3v) is 0.577. The summed E-state index contributed by atoms with van der Waals surface area (Å²) in [5, 5.41) is 9.00. The van der Waals surface area contributed by atoms with Gasteiger partial charge >= 0.3 is 11.1 Å². The van der Waals surface area contributed by atoms with Gasteiger partial charge in [-0.2, -0.15) is 0 Å². The lowest BCUT2D eigenvalue weighted by Crippen LogP contribution is -2.40. The van der Waals surface area contributed by atoms with Gasteiger partial charge in [-0.3, -0.25) is 0 Å². The number of amides is 2. The number of rotatable bonds is 3. The maximum Gasteiger partial charge on any atom is 0.376 e. The highest BCUT2D eigenvalue weighted by Gasteiger charge is 2.08. The Balaban J connectivity index is 3.35. The van der Waals surface area contributed by atoms with Crippen LogP contribution in [0.25, 0.3) is 0 Å². The van der Waals surface area contributed by atoms with Crippen molar-refractivity contribution in [2.75, 3.05) is 13.2 Å². The van der Waals surface area contributed by atoms with E-state index in [0.29, 0.717) is 0 Å². The number of hydrogen-bond donors (Lipinski definition) is 3. The molecule has 7 heteroatoms. The van der Waals surface area contributed by atoms with Gasteiger partial charge in [0.2, 0.25) is 0 Å². The van der Waals surface area contributed by atoms with Gasteiger partial charge in [0, 0.05) is 6.54 Å². The van der Waals surface area contributed by atoms with E-state index in [2.05, 4.69) is 0 Å². The summed E-state index contributed by atoms with van der Waals surface area (Å²) in [7, 11) is 0. The van der Waals surface area contributed by atoms with E-state index in [1.807, 2.05) is 5.32 Å². The van der Waals surface area contributed by atoms with Gasteiger partial charge in [-0.25, -0.2) is 14.4 Å². The van der Waals surface area contributed by atoms with Crippen LogP contribution < -0.4 is 10.7 Å². The Bertz CT molecular complexity index is 139. The van der Waals surface area contributed by atoms with Crippen molar-refractivity contribution >= 4 is 6.03 Å². The predicted octanol–water partition coefficient (Wildman–Crippen LogP) is -0.662. The highest BCUT2D eigenvalue weighted by atomic mass is 19.1. The number of halogens is 1. The topological polar surface area (TPSA) is 81.4 Å². The zero-order valence-electron chi connectivity index (χ0n) is 5.00. The number of urea groups is 1. The van der Waals surface area contributed by atoms with Crippen LogP contribution in [0.15, 0.2) is 0 Å². The van der Waals surface area contributed by atoms with Crippen LogP contribution in [-0.4, -0.2) is 29.5 Å². The molecular weight excluding hydrogens is 145 g/mol. The van der Waals surface area contributed by atoms with Crippen molar-refractivity contribution in [1.29, 1.82) is 0 Å². The van der Waals surface area contributed by atoms with Gasteiger partial charge < -0.3 is 5.32 Å². The van der Waals surface area contributed by atoms with Gasteiger partial charge in [-0.15, -0.1) is 0 Å². The molecule has 0 aromatic carbocycles. The fraction of sp³-hybridized carbons (Fsp3) is 0.667. The SMILES string of the molecule is O=C(NCCF)N[N+](=O)O. The molecule has 0 bridgehead atoms. The van der Waals surface area contributed by atoms with Crippen LogP contribution in [0.1, 0.15) is 0 Å². The van der Waals surface area contributed by atoms with Crippen LogP contribution in [0, 0.1) is 4.91 Å². The lowest BCUT2D eigenvalue weighted by molar-refractivity contribution is -0.823. The fourth-order valence-corrected chi connectivity index (χ4v) is 0.287. The number of nitrogens with one attached hydrogen (secondary N) is 2. The van der Waals surface area contributed by atoms with Crippen molar-refractivity contribution in [2.45, 2.75) is 0 Å². The zero-order valence-corrected chi connectivity index (χ0v) is 5.00. The zero-order chi connectivity index (χ0) is 7.98. The molecule has 58 valence electrons. The van der Waals surface area contributed by atoms with Crippen LogP contribution in [0.2, 0.25) is 0 Å². The maximum atomic E-state index is 11.3. The van der Waals surface area contributed by atoms with Crippen molar-refractivity contribution in [1.82, 2.24) is 10.7 Å². The minimum atomic E-state index is -0.949. The summed E-state index contributed by atoms with van der Waals surface area (Å²) in [6.07, 6.45) is 0. The van der Waals surface area contributed by atoms with E-state index in [1.165, 1.54) is 5.43 Å². The van der Waals surface area contributed by atoms with E-state index in [4.69, 9.17) is 5.21 Å². The van der Waals surface area contributed by atoms with Crippen LogP contribution in [0.5, 0.6) is 0 Å². The fourth-order valence-electron chi connectivity index (χ4n) is 0.287. The molecule has 0 atom stereocenters. The average molecular weight is 152 g/mol. The first kappa shape index (κ1) is 8.60. The van der Waals surface area contributed by atoms with Gasteiger partial charge in [0.1, 0.15) is 11.6 Å². The largest absolute Gasteiger partial charge is 0.376 e. The van der Waals surface area contributed by atoms with Gasteiger partial charge in [0.15, 0.2) is 0 Å². The van der Waals surface area contributed by atoms with Gasteiger partial charge in [-0.05, 0) is 5.43 Å². The molecule has 0 radical (unpaired) electrons. The predicted molar refractivity (Wildman–Crippen MR) is 27.9 cm³/mol. The normalized spacial score (nSPS) is 8.50. The van der Waals surface area contributed by atoms with E-state index in [-0.39, 0.29) is 6.54 Å². The molecule has 6 nitrogen and oxygen atoms in total. The Labute approximate surface area is 55.5 Å². The lowest BCUT2D eigenvalue weighted by Gasteiger charge is -1.93. The van der Waals surface area contributed by atoms with Crippen molar-refractivity contribution in [3.63, 3.8) is 0 Å². The minimum absolute atomic E-state index is 0.195. The summed E-state index contributed by atoms with van der Waals surface area (Å²) >= 11 is 0. The Hall–Kier alpha value is -1.40. The highest BCUT2D eigenvalue weighted by molar-refractivity contribution is 5.72. The van der Waals surface area contributed by atoms with Crippen molar-refractivity contribution in [3.05, 3.63) is 4.91 Å². The molecule has 0 unspecified atom stereocenters. The third-order valence-electron chi connectivity index (χ3n) is 0.577. The van der Waals surface area contributed by atoms with E-state index in [9.17, 15) is 14.1 Å². The maximum absolute atomic E-state index is 11.3. The van der Waals surface area contributed by atoms with Crippen molar-refractivity contribution in [2.24, 2.45) is 0 Å². The number of nitrogens with zero attached hydrogens (tertiary/aromatic N) is 1. The monoisotopic (exact) mass is 152 g/mol. The van der Waals surface area contributed by atoms with E-state index in [1.54, 1.807) is 0 Å². The first-order valence-corrected chi connectivity index (χ1v) is 2.43. The van der Waals surface area contributed by atoms with Gasteiger partial charge in [0.25, 0.3) is 0 Å². The molecule has 0 fully saturated rings. The number of carbonyl (C=O) groups is 1. The number of carbonyl (C=O) groups excluding carboxylic acids is 1. The molecule has 0 aliphatic heterocycles. The summed E-state index contributed by atoms with van der Waals surface area (Å²) in [6, 6.07) is -0.949. The second kappa shape index (κ2) is 4.48. The average Bonchev–Trinajstić information content (AvgIpc) is 1.82. The second-order valence-electron chi connectivity index (χ2n) is 1.33. The summed E-state index contributed by atoms with van der Waals surface area (Å²) in [5.41, 5.74) is 1.39. The molecule has 0 saturated heterocycles. The molecule has 0 spiro atoms. The summed E-state index contributed by atoms with van der Waals surface area (Å²) in [6.45, 7) is -0.919.